The molecule has 1 atom stereocenters. The molecule has 0 heterocycles. The van der Waals surface area contributed by atoms with Crippen molar-refractivity contribution < 1.29 is 23.0 Å². The summed E-state index contributed by atoms with van der Waals surface area (Å²) in [5.74, 6) is -2.11. The highest BCUT2D eigenvalue weighted by Crippen LogP contribution is 2.10. The van der Waals surface area contributed by atoms with Crippen molar-refractivity contribution in [3.8, 4) is 0 Å². The van der Waals surface area contributed by atoms with Gasteiger partial charge in [-0.25, -0.2) is 8.78 Å². The maximum Gasteiger partial charge on any atom is 0.191 e. The van der Waals surface area contributed by atoms with Crippen LogP contribution in [-0.4, -0.2) is 31.7 Å². The first-order valence-corrected chi connectivity index (χ1v) is 5.72. The largest absolute Gasteiger partial charge is 0.379 e. The molecule has 0 aliphatic rings. The van der Waals surface area contributed by atoms with E-state index in [1.807, 2.05) is 6.92 Å². The Morgan fingerprint density at radius 1 is 1.39 bits per heavy atom. The molecular formula is C13H16F2O3. The summed E-state index contributed by atoms with van der Waals surface area (Å²) in [7, 11) is 0. The highest BCUT2D eigenvalue weighted by molar-refractivity contribution is 5.97. The first-order valence-electron chi connectivity index (χ1n) is 5.72. The van der Waals surface area contributed by atoms with Gasteiger partial charge in [-0.05, 0) is 26.0 Å². The summed E-state index contributed by atoms with van der Waals surface area (Å²) in [6.45, 7) is 4.29. The molecule has 0 saturated heterocycles. The topological polar surface area (TPSA) is 35.5 Å². The normalized spacial score (nSPS) is 12.4. The number of hydrogen-bond acceptors (Lipinski definition) is 3. The third kappa shape index (κ3) is 4.50. The van der Waals surface area contributed by atoms with E-state index in [2.05, 4.69) is 0 Å². The smallest absolute Gasteiger partial charge is 0.191 e. The molecule has 0 N–H and O–H groups in total. The van der Waals surface area contributed by atoms with E-state index in [4.69, 9.17) is 9.47 Å². The fourth-order valence-corrected chi connectivity index (χ4v) is 1.34. The number of halogens is 2. The summed E-state index contributed by atoms with van der Waals surface area (Å²) in [4.78, 5) is 11.6. The maximum atomic E-state index is 13.3. The van der Waals surface area contributed by atoms with E-state index < -0.39 is 17.4 Å². The molecule has 100 valence electrons. The molecule has 1 unspecified atom stereocenters. The summed E-state index contributed by atoms with van der Waals surface area (Å²) in [5.41, 5.74) is -0.167. The Morgan fingerprint density at radius 2 is 2.11 bits per heavy atom. The molecule has 1 aromatic carbocycles. The van der Waals surface area contributed by atoms with Gasteiger partial charge in [0, 0.05) is 12.7 Å². The van der Waals surface area contributed by atoms with Gasteiger partial charge in [0.05, 0.1) is 18.3 Å². The van der Waals surface area contributed by atoms with Crippen molar-refractivity contribution in [2.45, 2.75) is 20.0 Å². The lowest BCUT2D eigenvalue weighted by atomic mass is 10.1. The number of Topliss-reactive ketones (excluding diaryl/α,β-unsaturated/α-hetero) is 1. The minimum Gasteiger partial charge on any atom is -0.379 e. The molecule has 0 aliphatic heterocycles. The Morgan fingerprint density at radius 3 is 2.72 bits per heavy atom. The van der Waals surface area contributed by atoms with Gasteiger partial charge in [0.25, 0.3) is 0 Å². The molecule has 0 bridgehead atoms. The third-order valence-electron chi connectivity index (χ3n) is 2.29. The average Bonchev–Trinajstić information content (AvgIpc) is 2.33. The van der Waals surface area contributed by atoms with Crippen LogP contribution >= 0.6 is 0 Å². The number of hydrogen-bond donors (Lipinski definition) is 0. The van der Waals surface area contributed by atoms with Crippen LogP contribution in [0, 0.1) is 11.6 Å². The molecule has 3 nitrogen and oxygen atoms in total. The van der Waals surface area contributed by atoms with E-state index in [-0.39, 0.29) is 18.3 Å². The highest BCUT2D eigenvalue weighted by Gasteiger charge is 2.14. The molecular weight excluding hydrogens is 242 g/mol. The lowest BCUT2D eigenvalue weighted by Crippen LogP contribution is -2.21. The number of carbonyl (C=O) groups excluding carboxylic acids is 1. The quantitative estimate of drug-likeness (QED) is 0.705. The molecule has 1 aromatic rings. The van der Waals surface area contributed by atoms with Gasteiger partial charge in [-0.2, -0.15) is 0 Å². The first-order chi connectivity index (χ1) is 8.54. The van der Waals surface area contributed by atoms with Crippen LogP contribution in [0.2, 0.25) is 0 Å². The molecule has 1 rings (SSSR count). The van der Waals surface area contributed by atoms with Crippen LogP contribution in [0.4, 0.5) is 8.78 Å². The number of ether oxygens (including phenoxy) is 2. The van der Waals surface area contributed by atoms with Crippen molar-refractivity contribution in [1.82, 2.24) is 0 Å². The fourth-order valence-electron chi connectivity index (χ4n) is 1.34. The third-order valence-corrected chi connectivity index (χ3v) is 2.29. The van der Waals surface area contributed by atoms with E-state index in [9.17, 15) is 13.6 Å². The van der Waals surface area contributed by atoms with E-state index in [0.717, 1.165) is 12.1 Å². The highest BCUT2D eigenvalue weighted by atomic mass is 19.1. The fraction of sp³-hybridized carbons (Fsp3) is 0.462. The minimum atomic E-state index is -0.874. The van der Waals surface area contributed by atoms with Crippen LogP contribution in [0.3, 0.4) is 0 Å². The molecule has 0 amide bonds. The summed E-state index contributed by atoms with van der Waals surface area (Å²) in [5, 5.41) is 0. The molecule has 5 heteroatoms. The zero-order chi connectivity index (χ0) is 13.5. The second kappa shape index (κ2) is 7.18. The van der Waals surface area contributed by atoms with E-state index in [1.165, 1.54) is 0 Å². The zero-order valence-electron chi connectivity index (χ0n) is 10.4. The van der Waals surface area contributed by atoms with Crippen LogP contribution < -0.4 is 0 Å². The predicted molar refractivity (Wildman–Crippen MR) is 62.6 cm³/mol. The number of ketones is 1. The van der Waals surface area contributed by atoms with Gasteiger partial charge in [0.1, 0.15) is 18.2 Å². The van der Waals surface area contributed by atoms with Gasteiger partial charge >= 0.3 is 0 Å². The number of carbonyl (C=O) groups is 1. The van der Waals surface area contributed by atoms with Crippen molar-refractivity contribution in [3.63, 3.8) is 0 Å². The molecule has 0 radical (unpaired) electrons. The summed E-state index contributed by atoms with van der Waals surface area (Å²) >= 11 is 0. The van der Waals surface area contributed by atoms with Crippen LogP contribution in [0.1, 0.15) is 24.2 Å². The molecule has 18 heavy (non-hydrogen) atoms. The molecule has 0 aromatic heterocycles. The summed E-state index contributed by atoms with van der Waals surface area (Å²) in [6.07, 6.45) is -0.252. The molecule has 0 spiro atoms. The lowest BCUT2D eigenvalue weighted by Gasteiger charge is -2.12. The van der Waals surface area contributed by atoms with Crippen molar-refractivity contribution in [1.29, 1.82) is 0 Å². The van der Waals surface area contributed by atoms with Gasteiger partial charge in [0.15, 0.2) is 5.78 Å². The minimum absolute atomic E-state index is 0.167. The van der Waals surface area contributed by atoms with Gasteiger partial charge in [-0.1, -0.05) is 0 Å². The summed E-state index contributed by atoms with van der Waals surface area (Å²) < 4.78 is 36.3. The second-order valence-electron chi connectivity index (χ2n) is 3.83. The molecule has 0 fully saturated rings. The Kier molecular flexibility index (Phi) is 5.88. The van der Waals surface area contributed by atoms with Crippen molar-refractivity contribution in [2.75, 3.05) is 19.8 Å². The molecule has 0 aliphatic carbocycles. The lowest BCUT2D eigenvalue weighted by molar-refractivity contribution is 0.00105. The van der Waals surface area contributed by atoms with Gasteiger partial charge < -0.3 is 9.47 Å². The van der Waals surface area contributed by atoms with Gasteiger partial charge in [-0.15, -0.1) is 0 Å². The van der Waals surface area contributed by atoms with E-state index >= 15 is 0 Å². The Bertz CT molecular complexity index is 407. The number of rotatable bonds is 7. The average molecular weight is 258 g/mol. The first kappa shape index (κ1) is 14.7. The predicted octanol–water partition coefficient (Wildman–Crippen LogP) is 2.59. The Hall–Kier alpha value is -1.33. The van der Waals surface area contributed by atoms with Crippen LogP contribution in [0.5, 0.6) is 0 Å². The van der Waals surface area contributed by atoms with Gasteiger partial charge in [-0.3, -0.25) is 4.79 Å². The monoisotopic (exact) mass is 258 g/mol. The number of benzene rings is 1. The van der Waals surface area contributed by atoms with Crippen LogP contribution in [0.15, 0.2) is 18.2 Å². The van der Waals surface area contributed by atoms with E-state index in [1.54, 1.807) is 6.92 Å². The zero-order valence-corrected chi connectivity index (χ0v) is 10.4. The van der Waals surface area contributed by atoms with E-state index in [0.29, 0.717) is 19.3 Å². The van der Waals surface area contributed by atoms with Crippen molar-refractivity contribution >= 4 is 5.78 Å². The summed E-state index contributed by atoms with van der Waals surface area (Å²) in [6, 6.07) is 2.83. The van der Waals surface area contributed by atoms with Crippen LogP contribution in [0.25, 0.3) is 0 Å². The Balaban J connectivity index is 2.50. The SMILES string of the molecule is CCOCC(C)OCC(=O)c1ccc(F)cc1F. The Labute approximate surface area is 105 Å². The maximum absolute atomic E-state index is 13.3. The van der Waals surface area contributed by atoms with Crippen LogP contribution in [-0.2, 0) is 9.47 Å². The second-order valence-corrected chi connectivity index (χ2v) is 3.83. The van der Waals surface area contributed by atoms with Crippen molar-refractivity contribution in [3.05, 3.63) is 35.4 Å². The standard InChI is InChI=1S/C13H16F2O3/c1-3-17-7-9(2)18-8-13(16)11-5-4-10(14)6-12(11)15/h4-6,9H,3,7-8H2,1-2H3. The molecule has 0 saturated carbocycles. The van der Waals surface area contributed by atoms with Gasteiger partial charge in [0.2, 0.25) is 0 Å². The van der Waals surface area contributed by atoms with Crippen molar-refractivity contribution in [2.24, 2.45) is 0 Å².